The van der Waals surface area contributed by atoms with Crippen molar-refractivity contribution in [2.75, 3.05) is 13.7 Å². The number of ether oxygens (including phenoxy) is 3. The van der Waals surface area contributed by atoms with Gasteiger partial charge in [-0.1, -0.05) is 0 Å². The molecule has 1 aromatic carbocycles. The van der Waals surface area contributed by atoms with Crippen LogP contribution in [0.15, 0.2) is 12.1 Å². The van der Waals surface area contributed by atoms with Gasteiger partial charge in [0.15, 0.2) is 0 Å². The molecule has 1 aliphatic rings. The van der Waals surface area contributed by atoms with Gasteiger partial charge in [0.05, 0.1) is 19.1 Å². The van der Waals surface area contributed by atoms with Crippen LogP contribution < -0.4 is 9.47 Å². The molecule has 0 spiro atoms. The van der Waals surface area contributed by atoms with Crippen LogP contribution in [-0.2, 0) is 16.0 Å². The minimum absolute atomic E-state index is 0.174. The van der Waals surface area contributed by atoms with Gasteiger partial charge in [0.1, 0.15) is 17.6 Å². The van der Waals surface area contributed by atoms with Crippen LogP contribution in [0.2, 0.25) is 0 Å². The molecule has 2 unspecified atom stereocenters. The number of alkyl halides is 1. The Balaban J connectivity index is 2.11. The van der Waals surface area contributed by atoms with Crippen LogP contribution in [0.3, 0.4) is 0 Å². The number of hydrogen-bond acceptors (Lipinski definition) is 4. The lowest BCUT2D eigenvalue weighted by Crippen LogP contribution is -2.06. The monoisotopic (exact) mass is 312 g/mol. The molecule has 0 fully saturated rings. The summed E-state index contributed by atoms with van der Waals surface area (Å²) in [6.45, 7) is 4.21. The molecule has 2 rings (SSSR count). The van der Waals surface area contributed by atoms with Crippen molar-refractivity contribution in [1.29, 1.82) is 0 Å². The van der Waals surface area contributed by atoms with Gasteiger partial charge in [-0.05, 0) is 32.4 Å². The summed E-state index contributed by atoms with van der Waals surface area (Å²) in [6.07, 6.45) is 1.85. The van der Waals surface area contributed by atoms with Gasteiger partial charge in [-0.2, -0.15) is 0 Å². The van der Waals surface area contributed by atoms with E-state index in [1.807, 2.05) is 19.1 Å². The van der Waals surface area contributed by atoms with Gasteiger partial charge in [-0.15, -0.1) is 11.6 Å². The summed E-state index contributed by atoms with van der Waals surface area (Å²) in [6, 6.07) is 3.91. The van der Waals surface area contributed by atoms with Crippen LogP contribution in [0.25, 0.3) is 0 Å². The SMILES string of the molecule is CCOC(=O)CCC(Cl)c1cc2c(cc1OC)CC(C)O2. The molecule has 0 bridgehead atoms. The average molecular weight is 313 g/mol. The second kappa shape index (κ2) is 7.03. The third-order valence-electron chi connectivity index (χ3n) is 3.49. The number of benzene rings is 1. The van der Waals surface area contributed by atoms with Crippen molar-refractivity contribution in [3.63, 3.8) is 0 Å². The van der Waals surface area contributed by atoms with Gasteiger partial charge in [0.2, 0.25) is 0 Å². The van der Waals surface area contributed by atoms with Crippen LogP contribution in [0, 0.1) is 0 Å². The van der Waals surface area contributed by atoms with E-state index in [0.717, 1.165) is 29.0 Å². The summed E-state index contributed by atoms with van der Waals surface area (Å²) in [7, 11) is 1.62. The molecule has 1 aromatic rings. The smallest absolute Gasteiger partial charge is 0.305 e. The zero-order valence-electron chi connectivity index (χ0n) is 12.6. The van der Waals surface area contributed by atoms with Crippen molar-refractivity contribution in [3.05, 3.63) is 23.3 Å². The first-order valence-electron chi connectivity index (χ1n) is 7.22. The molecule has 0 aliphatic carbocycles. The third-order valence-corrected chi connectivity index (χ3v) is 3.95. The van der Waals surface area contributed by atoms with Crippen LogP contribution in [0.1, 0.15) is 43.2 Å². The highest BCUT2D eigenvalue weighted by Crippen LogP contribution is 2.40. The lowest BCUT2D eigenvalue weighted by Gasteiger charge is -2.15. The maximum Gasteiger partial charge on any atom is 0.305 e. The molecule has 2 atom stereocenters. The maximum absolute atomic E-state index is 11.4. The largest absolute Gasteiger partial charge is 0.496 e. The average Bonchev–Trinajstić information content (AvgIpc) is 2.82. The van der Waals surface area contributed by atoms with E-state index < -0.39 is 0 Å². The lowest BCUT2D eigenvalue weighted by atomic mass is 10.0. The van der Waals surface area contributed by atoms with Gasteiger partial charge in [0, 0.05) is 24.0 Å². The summed E-state index contributed by atoms with van der Waals surface area (Å²) in [5.74, 6) is 1.38. The van der Waals surface area contributed by atoms with E-state index in [4.69, 9.17) is 25.8 Å². The quantitative estimate of drug-likeness (QED) is 0.594. The van der Waals surface area contributed by atoms with Crippen LogP contribution in [0.4, 0.5) is 0 Å². The minimum Gasteiger partial charge on any atom is -0.496 e. The molecule has 0 aromatic heterocycles. The number of hydrogen-bond donors (Lipinski definition) is 0. The second-order valence-corrected chi connectivity index (χ2v) is 5.67. The minimum atomic E-state index is -0.311. The maximum atomic E-state index is 11.4. The number of carbonyl (C=O) groups excluding carboxylic acids is 1. The standard InChI is InChI=1S/C16H21ClO4/c1-4-20-16(18)6-5-13(17)12-9-14-11(7-10(2)21-14)8-15(12)19-3/h8-10,13H,4-7H2,1-3H3. The molecule has 5 heteroatoms. The van der Waals surface area contributed by atoms with E-state index >= 15 is 0 Å². The Morgan fingerprint density at radius 3 is 2.95 bits per heavy atom. The zero-order valence-corrected chi connectivity index (χ0v) is 13.4. The van der Waals surface area contributed by atoms with E-state index in [1.165, 1.54) is 0 Å². The first-order valence-corrected chi connectivity index (χ1v) is 7.66. The number of carbonyl (C=O) groups is 1. The zero-order chi connectivity index (χ0) is 15.4. The number of esters is 1. The summed E-state index contributed by atoms with van der Waals surface area (Å²) in [5, 5.41) is -0.311. The summed E-state index contributed by atoms with van der Waals surface area (Å²) >= 11 is 6.43. The molecule has 1 aliphatic heterocycles. The number of halogens is 1. The molecule has 0 radical (unpaired) electrons. The number of fused-ring (bicyclic) bond motifs is 1. The Morgan fingerprint density at radius 1 is 1.52 bits per heavy atom. The normalized spacial score (nSPS) is 17.8. The molecule has 0 amide bonds. The Bertz CT molecular complexity index is 515. The Hall–Kier alpha value is -1.42. The van der Waals surface area contributed by atoms with Crippen molar-refractivity contribution in [2.45, 2.75) is 44.6 Å². The summed E-state index contributed by atoms with van der Waals surface area (Å²) < 4.78 is 16.1. The van der Waals surface area contributed by atoms with Gasteiger partial charge in [0.25, 0.3) is 0 Å². The van der Waals surface area contributed by atoms with Crippen molar-refractivity contribution in [2.24, 2.45) is 0 Å². The second-order valence-electron chi connectivity index (χ2n) is 5.15. The summed E-state index contributed by atoms with van der Waals surface area (Å²) in [4.78, 5) is 11.4. The van der Waals surface area contributed by atoms with Crippen LogP contribution in [-0.4, -0.2) is 25.8 Å². The molecule has 21 heavy (non-hydrogen) atoms. The predicted octanol–water partition coefficient (Wildman–Crippen LogP) is 3.64. The Kier molecular flexibility index (Phi) is 5.34. The lowest BCUT2D eigenvalue weighted by molar-refractivity contribution is -0.143. The van der Waals surface area contributed by atoms with Crippen molar-refractivity contribution < 1.29 is 19.0 Å². The molecule has 116 valence electrons. The van der Waals surface area contributed by atoms with Gasteiger partial charge in [-0.25, -0.2) is 0 Å². The van der Waals surface area contributed by atoms with E-state index in [-0.39, 0.29) is 17.5 Å². The molecular formula is C16H21ClO4. The van der Waals surface area contributed by atoms with Gasteiger partial charge < -0.3 is 14.2 Å². The summed E-state index contributed by atoms with van der Waals surface area (Å²) in [5.41, 5.74) is 1.99. The van der Waals surface area contributed by atoms with Crippen molar-refractivity contribution >= 4 is 17.6 Å². The molecule has 0 saturated heterocycles. The van der Waals surface area contributed by atoms with E-state index in [0.29, 0.717) is 19.4 Å². The predicted molar refractivity (Wildman–Crippen MR) is 81.2 cm³/mol. The molecule has 1 heterocycles. The fraction of sp³-hybridized carbons (Fsp3) is 0.562. The Morgan fingerprint density at radius 2 is 2.29 bits per heavy atom. The molecule has 0 saturated carbocycles. The van der Waals surface area contributed by atoms with E-state index in [2.05, 4.69) is 0 Å². The Labute approximate surface area is 130 Å². The van der Waals surface area contributed by atoms with E-state index in [1.54, 1.807) is 14.0 Å². The first-order chi connectivity index (χ1) is 10.0. The van der Waals surface area contributed by atoms with Crippen molar-refractivity contribution in [1.82, 2.24) is 0 Å². The number of rotatable bonds is 6. The van der Waals surface area contributed by atoms with Gasteiger partial charge >= 0.3 is 5.97 Å². The third kappa shape index (κ3) is 3.82. The first kappa shape index (κ1) is 16.0. The highest BCUT2D eigenvalue weighted by molar-refractivity contribution is 6.21. The highest BCUT2D eigenvalue weighted by Gasteiger charge is 2.24. The molecular weight excluding hydrogens is 292 g/mol. The highest BCUT2D eigenvalue weighted by atomic mass is 35.5. The molecule has 0 N–H and O–H groups in total. The number of methoxy groups -OCH3 is 1. The van der Waals surface area contributed by atoms with Crippen LogP contribution in [0.5, 0.6) is 11.5 Å². The fourth-order valence-corrected chi connectivity index (χ4v) is 2.79. The van der Waals surface area contributed by atoms with Gasteiger partial charge in [-0.3, -0.25) is 4.79 Å². The van der Waals surface area contributed by atoms with E-state index in [9.17, 15) is 4.79 Å². The fourth-order valence-electron chi connectivity index (χ4n) is 2.51. The van der Waals surface area contributed by atoms with Crippen LogP contribution >= 0.6 is 11.6 Å². The molecule has 4 nitrogen and oxygen atoms in total. The topological polar surface area (TPSA) is 44.8 Å². The van der Waals surface area contributed by atoms with Crippen molar-refractivity contribution in [3.8, 4) is 11.5 Å².